The minimum Gasteiger partial charge on any atom is -0.444 e. The molecule has 0 saturated carbocycles. The number of hydrogen-bond donors (Lipinski definition) is 0. The van der Waals surface area contributed by atoms with Gasteiger partial charge in [0.15, 0.2) is 0 Å². The van der Waals surface area contributed by atoms with Gasteiger partial charge in [-0.1, -0.05) is 36.4 Å². The molecule has 5 rings (SSSR count). The van der Waals surface area contributed by atoms with Gasteiger partial charge in [0.05, 0.1) is 41.6 Å². The third-order valence-corrected chi connectivity index (χ3v) is 7.82. The lowest BCUT2D eigenvalue weighted by Gasteiger charge is -2.42. The molecule has 9 nitrogen and oxygen atoms in total. The lowest BCUT2D eigenvalue weighted by atomic mass is 10.0. The van der Waals surface area contributed by atoms with Crippen molar-refractivity contribution in [2.45, 2.75) is 57.0 Å². The molecule has 10 heteroatoms. The van der Waals surface area contributed by atoms with Crippen LogP contribution in [0.3, 0.4) is 0 Å². The van der Waals surface area contributed by atoms with Crippen LogP contribution in [-0.2, 0) is 28.5 Å². The molecule has 3 aromatic rings. The summed E-state index contributed by atoms with van der Waals surface area (Å²) in [6.07, 6.45) is 2.10. The Balaban J connectivity index is 1.46. The molecular weight excluding hydrogens is 512 g/mol. The minimum atomic E-state index is -1.36. The Kier molecular flexibility index (Phi) is 7.45. The zero-order chi connectivity index (χ0) is 27.7. The van der Waals surface area contributed by atoms with Crippen molar-refractivity contribution in [1.82, 2.24) is 14.9 Å². The second-order valence-electron chi connectivity index (χ2n) is 11.0. The first-order valence-electron chi connectivity index (χ1n) is 13.2. The fourth-order valence-electron chi connectivity index (χ4n) is 5.36. The number of benzene rings is 2. The third kappa shape index (κ3) is 5.69. The van der Waals surface area contributed by atoms with Crippen LogP contribution >= 0.6 is 0 Å². The smallest absolute Gasteiger partial charge is 0.410 e. The zero-order valence-corrected chi connectivity index (χ0v) is 23.7. The standard InChI is InChI=1S/C29H34N6O3S/c1-29(2,3)38-28(36)35-17-16-34(18-21(35)12-14-30)26-23-13-15-33(19-24(23)31-27(32-26)39(4)37)25-11-7-9-20-8-5-6-10-22(20)25/h5-11,21H,12-13,15-19H2,1-4H3. The van der Waals surface area contributed by atoms with Gasteiger partial charge < -0.3 is 19.4 Å². The number of carbonyl (C=O) groups is 1. The molecule has 3 heterocycles. The molecular formula is C29H34N6O3S. The van der Waals surface area contributed by atoms with Gasteiger partial charge in [0, 0.05) is 49.1 Å². The van der Waals surface area contributed by atoms with Crippen LogP contribution in [0.25, 0.3) is 10.8 Å². The Hall–Kier alpha value is -3.71. The first-order valence-corrected chi connectivity index (χ1v) is 14.8. The molecule has 2 aromatic carbocycles. The van der Waals surface area contributed by atoms with E-state index >= 15 is 0 Å². The van der Waals surface area contributed by atoms with E-state index in [4.69, 9.17) is 14.7 Å². The van der Waals surface area contributed by atoms with Crippen molar-refractivity contribution < 1.29 is 13.7 Å². The average molecular weight is 547 g/mol. The molecule has 0 aliphatic carbocycles. The highest BCUT2D eigenvalue weighted by molar-refractivity contribution is 7.84. The van der Waals surface area contributed by atoms with Gasteiger partial charge in [-0.25, -0.2) is 14.8 Å². The van der Waals surface area contributed by atoms with Crippen LogP contribution in [0.4, 0.5) is 16.3 Å². The van der Waals surface area contributed by atoms with Crippen LogP contribution in [-0.4, -0.2) is 69.2 Å². The van der Waals surface area contributed by atoms with E-state index in [1.165, 1.54) is 10.8 Å². The quantitative estimate of drug-likeness (QED) is 0.447. The molecule has 2 atom stereocenters. The van der Waals surface area contributed by atoms with Gasteiger partial charge in [0.25, 0.3) is 0 Å². The largest absolute Gasteiger partial charge is 0.444 e. The number of amides is 1. The summed E-state index contributed by atoms with van der Waals surface area (Å²) in [5.74, 6) is 0.759. The maximum absolute atomic E-state index is 12.9. The van der Waals surface area contributed by atoms with Gasteiger partial charge in [-0.15, -0.1) is 0 Å². The molecule has 1 fully saturated rings. The van der Waals surface area contributed by atoms with Crippen LogP contribution < -0.4 is 9.80 Å². The van der Waals surface area contributed by atoms with Crippen molar-refractivity contribution in [3.8, 4) is 6.07 Å². The molecule has 1 saturated heterocycles. The van der Waals surface area contributed by atoms with E-state index in [-0.39, 0.29) is 12.5 Å². The summed E-state index contributed by atoms with van der Waals surface area (Å²) in [5, 5.41) is 12.2. The maximum Gasteiger partial charge on any atom is 0.410 e. The average Bonchev–Trinajstić information content (AvgIpc) is 2.91. The molecule has 39 heavy (non-hydrogen) atoms. The maximum atomic E-state index is 12.9. The molecule has 0 bridgehead atoms. The number of nitriles is 1. The monoisotopic (exact) mass is 546 g/mol. The highest BCUT2D eigenvalue weighted by atomic mass is 32.2. The summed E-state index contributed by atoms with van der Waals surface area (Å²) in [7, 11) is -1.36. The van der Waals surface area contributed by atoms with E-state index in [0.29, 0.717) is 31.3 Å². The lowest BCUT2D eigenvalue weighted by molar-refractivity contribution is 0.0144. The van der Waals surface area contributed by atoms with Crippen molar-refractivity contribution in [3.63, 3.8) is 0 Å². The number of nitrogens with zero attached hydrogens (tertiary/aromatic N) is 6. The van der Waals surface area contributed by atoms with Crippen molar-refractivity contribution >= 4 is 39.2 Å². The van der Waals surface area contributed by atoms with Crippen LogP contribution in [0.15, 0.2) is 47.6 Å². The number of carbonyl (C=O) groups excluding carboxylic acids is 1. The first kappa shape index (κ1) is 26.9. The van der Waals surface area contributed by atoms with Gasteiger partial charge in [-0.3, -0.25) is 4.21 Å². The van der Waals surface area contributed by atoms with Crippen molar-refractivity contribution in [2.24, 2.45) is 0 Å². The normalized spacial score (nSPS) is 18.4. The second-order valence-corrected chi connectivity index (χ2v) is 12.3. The number of ether oxygens (including phenoxy) is 1. The fraction of sp³-hybridized carbons (Fsp3) is 0.448. The molecule has 1 amide bonds. The molecule has 0 spiro atoms. The number of anilines is 2. The zero-order valence-electron chi connectivity index (χ0n) is 22.9. The van der Waals surface area contributed by atoms with E-state index in [1.807, 2.05) is 26.8 Å². The topological polar surface area (TPSA) is 103 Å². The summed E-state index contributed by atoms with van der Waals surface area (Å²) < 4.78 is 18.2. The van der Waals surface area contributed by atoms with Crippen LogP contribution in [0.1, 0.15) is 38.4 Å². The molecule has 204 valence electrons. The Bertz CT molecular complexity index is 1460. The molecule has 0 radical (unpaired) electrons. The van der Waals surface area contributed by atoms with E-state index < -0.39 is 22.5 Å². The third-order valence-electron chi connectivity index (χ3n) is 7.12. The summed E-state index contributed by atoms with van der Waals surface area (Å²) in [6.45, 7) is 8.28. The van der Waals surface area contributed by atoms with Crippen molar-refractivity contribution in [2.75, 3.05) is 42.2 Å². The Labute approximate surface area is 231 Å². The van der Waals surface area contributed by atoms with Gasteiger partial charge in [0.2, 0.25) is 5.16 Å². The summed E-state index contributed by atoms with van der Waals surface area (Å²) in [6, 6.07) is 16.6. The van der Waals surface area contributed by atoms with Gasteiger partial charge in [-0.05, 0) is 38.6 Å². The number of fused-ring (bicyclic) bond motifs is 2. The van der Waals surface area contributed by atoms with Crippen LogP contribution in [0.5, 0.6) is 0 Å². The van der Waals surface area contributed by atoms with Crippen LogP contribution in [0, 0.1) is 11.3 Å². The Morgan fingerprint density at radius 2 is 1.87 bits per heavy atom. The summed E-state index contributed by atoms with van der Waals surface area (Å²) in [4.78, 5) is 28.5. The summed E-state index contributed by atoms with van der Waals surface area (Å²) >= 11 is 0. The molecule has 2 aliphatic rings. The highest BCUT2D eigenvalue weighted by Gasteiger charge is 2.36. The number of piperazine rings is 1. The van der Waals surface area contributed by atoms with E-state index in [0.717, 1.165) is 35.7 Å². The van der Waals surface area contributed by atoms with E-state index in [9.17, 15) is 14.3 Å². The lowest BCUT2D eigenvalue weighted by Crippen LogP contribution is -2.56. The molecule has 2 unspecified atom stereocenters. The van der Waals surface area contributed by atoms with Crippen molar-refractivity contribution in [1.29, 1.82) is 5.26 Å². The van der Waals surface area contributed by atoms with E-state index in [2.05, 4.69) is 52.3 Å². The van der Waals surface area contributed by atoms with Crippen molar-refractivity contribution in [3.05, 3.63) is 53.7 Å². The SMILES string of the molecule is CS(=O)c1nc2c(c(N3CCN(C(=O)OC(C)(C)C)C(CC#N)C3)n1)CCN(c1cccc3ccccc13)C2. The number of hydrogen-bond acceptors (Lipinski definition) is 8. The second kappa shape index (κ2) is 10.8. The molecule has 0 N–H and O–H groups in total. The van der Waals surface area contributed by atoms with Crippen LogP contribution in [0.2, 0.25) is 0 Å². The first-order chi connectivity index (χ1) is 18.6. The van der Waals surface area contributed by atoms with E-state index in [1.54, 1.807) is 11.2 Å². The Morgan fingerprint density at radius 1 is 1.10 bits per heavy atom. The predicted octanol–water partition coefficient (Wildman–Crippen LogP) is 4.27. The van der Waals surface area contributed by atoms with Gasteiger partial charge in [-0.2, -0.15) is 5.26 Å². The summed E-state index contributed by atoms with van der Waals surface area (Å²) in [5.41, 5.74) is 2.45. The number of rotatable bonds is 4. The fourth-order valence-corrected chi connectivity index (χ4v) is 5.81. The molecule has 1 aromatic heterocycles. The predicted molar refractivity (Wildman–Crippen MR) is 152 cm³/mol. The van der Waals surface area contributed by atoms with Gasteiger partial charge in [0.1, 0.15) is 11.4 Å². The minimum absolute atomic E-state index is 0.185. The van der Waals surface area contributed by atoms with Gasteiger partial charge >= 0.3 is 6.09 Å². The number of aromatic nitrogens is 2. The Morgan fingerprint density at radius 3 is 2.62 bits per heavy atom. The molecule has 2 aliphatic heterocycles. The highest BCUT2D eigenvalue weighted by Crippen LogP contribution is 2.34.